The van der Waals surface area contributed by atoms with Gasteiger partial charge in [-0.25, -0.2) is 0 Å². The van der Waals surface area contributed by atoms with E-state index >= 15 is 0 Å². The summed E-state index contributed by atoms with van der Waals surface area (Å²) in [7, 11) is 0. The van der Waals surface area contributed by atoms with Crippen LogP contribution in [-0.4, -0.2) is 28.8 Å². The first-order chi connectivity index (χ1) is 6.68. The summed E-state index contributed by atoms with van der Waals surface area (Å²) in [4.78, 5) is 0. The number of aromatic nitrogens is 2. The Morgan fingerprint density at radius 1 is 1.43 bits per heavy atom. The van der Waals surface area contributed by atoms with Crippen LogP contribution in [0.25, 0.3) is 0 Å². The largest absolute Gasteiger partial charge is 0.311 e. The van der Waals surface area contributed by atoms with Crippen molar-refractivity contribution in [2.75, 3.05) is 6.54 Å². The van der Waals surface area contributed by atoms with E-state index in [1.165, 1.54) is 5.56 Å². The molecule has 2 rings (SSSR count). The van der Waals surface area contributed by atoms with Gasteiger partial charge in [0, 0.05) is 29.9 Å². The van der Waals surface area contributed by atoms with Gasteiger partial charge in [-0.3, -0.25) is 5.10 Å². The molecule has 1 aromatic heterocycles. The Labute approximate surface area is 84.5 Å². The molecule has 3 unspecified atom stereocenters. The zero-order chi connectivity index (χ0) is 10.1. The Morgan fingerprint density at radius 2 is 2.21 bits per heavy atom. The van der Waals surface area contributed by atoms with Crippen molar-refractivity contribution in [1.29, 1.82) is 0 Å². The summed E-state index contributed by atoms with van der Waals surface area (Å²) >= 11 is 0. The van der Waals surface area contributed by atoms with E-state index in [0.29, 0.717) is 18.1 Å². The zero-order valence-electron chi connectivity index (χ0n) is 8.96. The third-order valence-corrected chi connectivity index (χ3v) is 2.91. The number of nitrogens with zero attached hydrogens (tertiary/aromatic N) is 1. The predicted octanol–water partition coefficient (Wildman–Crippen LogP) is 0.729. The number of piperazine rings is 1. The van der Waals surface area contributed by atoms with Crippen LogP contribution >= 0.6 is 0 Å². The van der Waals surface area contributed by atoms with Crippen LogP contribution in [0.5, 0.6) is 0 Å². The average Bonchev–Trinajstić information content (AvgIpc) is 2.56. The molecule has 0 saturated carbocycles. The Balaban J connectivity index is 2.20. The second kappa shape index (κ2) is 3.71. The van der Waals surface area contributed by atoms with Gasteiger partial charge in [-0.15, -0.1) is 0 Å². The van der Waals surface area contributed by atoms with Gasteiger partial charge >= 0.3 is 0 Å². The van der Waals surface area contributed by atoms with Crippen molar-refractivity contribution in [2.24, 2.45) is 0 Å². The van der Waals surface area contributed by atoms with Gasteiger partial charge < -0.3 is 10.6 Å². The van der Waals surface area contributed by atoms with Crippen molar-refractivity contribution < 1.29 is 0 Å². The average molecular weight is 194 g/mol. The van der Waals surface area contributed by atoms with Crippen LogP contribution in [0.2, 0.25) is 0 Å². The summed E-state index contributed by atoms with van der Waals surface area (Å²) in [6.07, 6.45) is 1.92. The zero-order valence-corrected chi connectivity index (χ0v) is 8.96. The SMILES string of the molecule is Cc1[nH]ncc1C1NC(C)CNC1C. The van der Waals surface area contributed by atoms with Crippen molar-refractivity contribution in [1.82, 2.24) is 20.8 Å². The lowest BCUT2D eigenvalue weighted by Crippen LogP contribution is -2.53. The molecule has 78 valence electrons. The van der Waals surface area contributed by atoms with E-state index in [1.807, 2.05) is 6.20 Å². The van der Waals surface area contributed by atoms with Crippen LogP contribution in [0, 0.1) is 6.92 Å². The molecule has 1 aromatic rings. The van der Waals surface area contributed by atoms with Crippen LogP contribution in [0.3, 0.4) is 0 Å². The van der Waals surface area contributed by atoms with E-state index in [1.54, 1.807) is 0 Å². The summed E-state index contributed by atoms with van der Waals surface area (Å²) in [6, 6.07) is 1.35. The maximum Gasteiger partial charge on any atom is 0.0538 e. The lowest BCUT2D eigenvalue weighted by atomic mass is 9.97. The van der Waals surface area contributed by atoms with E-state index in [4.69, 9.17) is 0 Å². The number of nitrogens with one attached hydrogen (secondary N) is 3. The fourth-order valence-electron chi connectivity index (χ4n) is 2.02. The highest BCUT2D eigenvalue weighted by atomic mass is 15.1. The smallest absolute Gasteiger partial charge is 0.0538 e. The van der Waals surface area contributed by atoms with Gasteiger partial charge in [-0.1, -0.05) is 0 Å². The minimum atomic E-state index is 0.373. The van der Waals surface area contributed by atoms with Crippen molar-refractivity contribution in [3.8, 4) is 0 Å². The number of aromatic amines is 1. The van der Waals surface area contributed by atoms with Crippen molar-refractivity contribution in [3.63, 3.8) is 0 Å². The molecule has 0 radical (unpaired) electrons. The maximum absolute atomic E-state index is 4.06. The van der Waals surface area contributed by atoms with E-state index in [2.05, 4.69) is 41.6 Å². The lowest BCUT2D eigenvalue weighted by Gasteiger charge is -2.35. The van der Waals surface area contributed by atoms with Gasteiger partial charge in [0.15, 0.2) is 0 Å². The third kappa shape index (κ3) is 1.67. The van der Waals surface area contributed by atoms with Crippen LogP contribution in [0.4, 0.5) is 0 Å². The molecule has 14 heavy (non-hydrogen) atoms. The van der Waals surface area contributed by atoms with Crippen LogP contribution in [-0.2, 0) is 0 Å². The van der Waals surface area contributed by atoms with E-state index in [9.17, 15) is 0 Å². The Morgan fingerprint density at radius 3 is 2.86 bits per heavy atom. The quantitative estimate of drug-likeness (QED) is 0.617. The Bertz CT molecular complexity index is 307. The number of hydrogen-bond donors (Lipinski definition) is 3. The Hall–Kier alpha value is -0.870. The lowest BCUT2D eigenvalue weighted by molar-refractivity contribution is 0.293. The maximum atomic E-state index is 4.06. The predicted molar refractivity (Wildman–Crippen MR) is 56.1 cm³/mol. The fraction of sp³-hybridized carbons (Fsp3) is 0.700. The van der Waals surface area contributed by atoms with Crippen LogP contribution in [0.15, 0.2) is 6.20 Å². The number of aryl methyl sites for hydroxylation is 1. The summed E-state index contributed by atoms with van der Waals surface area (Å²) in [5.74, 6) is 0. The highest BCUT2D eigenvalue weighted by molar-refractivity contribution is 5.22. The number of H-pyrrole nitrogens is 1. The first kappa shape index (κ1) is 9.68. The van der Waals surface area contributed by atoms with Crippen molar-refractivity contribution in [2.45, 2.75) is 38.9 Å². The first-order valence-corrected chi connectivity index (χ1v) is 5.18. The Kier molecular flexibility index (Phi) is 2.56. The highest BCUT2D eigenvalue weighted by Gasteiger charge is 2.27. The molecule has 4 heteroatoms. The fourth-order valence-corrected chi connectivity index (χ4v) is 2.02. The van der Waals surface area contributed by atoms with Gasteiger partial charge in [-0.2, -0.15) is 5.10 Å². The van der Waals surface area contributed by atoms with Crippen molar-refractivity contribution >= 4 is 0 Å². The summed E-state index contributed by atoms with van der Waals surface area (Å²) in [6.45, 7) is 7.50. The molecule has 0 spiro atoms. The van der Waals surface area contributed by atoms with Crippen molar-refractivity contribution in [3.05, 3.63) is 17.5 Å². The molecule has 0 bridgehead atoms. The molecule has 1 aliphatic rings. The van der Waals surface area contributed by atoms with Gasteiger partial charge in [-0.05, 0) is 20.8 Å². The second-order valence-corrected chi connectivity index (χ2v) is 4.19. The van der Waals surface area contributed by atoms with Gasteiger partial charge in [0.25, 0.3) is 0 Å². The monoisotopic (exact) mass is 194 g/mol. The van der Waals surface area contributed by atoms with Gasteiger partial charge in [0.2, 0.25) is 0 Å². The molecule has 3 N–H and O–H groups in total. The molecule has 1 saturated heterocycles. The summed E-state index contributed by atoms with van der Waals surface area (Å²) < 4.78 is 0. The molecule has 1 aliphatic heterocycles. The molecule has 3 atom stereocenters. The molecule has 2 heterocycles. The topological polar surface area (TPSA) is 52.7 Å². The first-order valence-electron chi connectivity index (χ1n) is 5.18. The third-order valence-electron chi connectivity index (χ3n) is 2.91. The van der Waals surface area contributed by atoms with E-state index in [-0.39, 0.29) is 0 Å². The highest BCUT2D eigenvalue weighted by Crippen LogP contribution is 2.21. The minimum absolute atomic E-state index is 0.373. The van der Waals surface area contributed by atoms with Crippen LogP contribution < -0.4 is 10.6 Å². The summed E-state index contributed by atoms with van der Waals surface area (Å²) in [5.41, 5.74) is 2.43. The standard InChI is InChI=1S/C10H18N4/c1-6-4-11-8(3)10(13-6)9-5-12-14-7(9)2/h5-6,8,10-11,13H,4H2,1-3H3,(H,12,14). The minimum Gasteiger partial charge on any atom is -0.311 e. The van der Waals surface area contributed by atoms with Gasteiger partial charge in [0.05, 0.1) is 12.2 Å². The van der Waals surface area contributed by atoms with E-state index < -0.39 is 0 Å². The summed E-state index contributed by atoms with van der Waals surface area (Å²) in [5, 5.41) is 14.1. The molecular weight excluding hydrogens is 176 g/mol. The van der Waals surface area contributed by atoms with E-state index in [0.717, 1.165) is 12.2 Å². The molecule has 0 aliphatic carbocycles. The van der Waals surface area contributed by atoms with Gasteiger partial charge in [0.1, 0.15) is 0 Å². The molecule has 4 nitrogen and oxygen atoms in total. The number of rotatable bonds is 1. The molecular formula is C10H18N4. The molecule has 1 fully saturated rings. The van der Waals surface area contributed by atoms with Crippen LogP contribution in [0.1, 0.15) is 31.1 Å². The number of hydrogen-bond acceptors (Lipinski definition) is 3. The molecule has 0 amide bonds. The molecule has 0 aromatic carbocycles. The normalized spacial score (nSPS) is 33.2. The second-order valence-electron chi connectivity index (χ2n) is 4.19.